The molecule has 2 rings (SSSR count). The van der Waals surface area contributed by atoms with Gasteiger partial charge in [0.25, 0.3) is 0 Å². The molecule has 0 aliphatic rings. The largest absolute Gasteiger partial charge is 0.508 e. The number of hydrogen-bond donors (Lipinski definition) is 2. The molecule has 0 bridgehead atoms. The third kappa shape index (κ3) is 3.52. The quantitative estimate of drug-likeness (QED) is 0.843. The minimum absolute atomic E-state index is 0.319. The van der Waals surface area contributed by atoms with Crippen molar-refractivity contribution in [2.75, 3.05) is 0 Å². The molecule has 0 aromatic heterocycles. The average molecular weight is 228 g/mol. The summed E-state index contributed by atoms with van der Waals surface area (Å²) < 4.78 is 0. The molecule has 0 saturated heterocycles. The maximum atomic E-state index is 9.33. The van der Waals surface area contributed by atoms with Crippen molar-refractivity contribution in [3.8, 4) is 11.5 Å². The lowest BCUT2D eigenvalue weighted by atomic mass is 10.0. The van der Waals surface area contributed by atoms with E-state index in [-0.39, 0.29) is 0 Å². The van der Waals surface area contributed by atoms with Gasteiger partial charge in [0.05, 0.1) is 0 Å². The van der Waals surface area contributed by atoms with Crippen LogP contribution in [0.5, 0.6) is 11.5 Å². The van der Waals surface area contributed by atoms with Crippen LogP contribution in [0.15, 0.2) is 48.5 Å². The number of phenols is 2. The molecule has 0 aliphatic carbocycles. The number of rotatable bonds is 4. The third-order valence-electron chi connectivity index (χ3n) is 2.75. The Morgan fingerprint density at radius 2 is 1.18 bits per heavy atom. The van der Waals surface area contributed by atoms with Gasteiger partial charge in [-0.25, -0.2) is 0 Å². The number of benzene rings is 2. The highest BCUT2D eigenvalue weighted by Gasteiger charge is 1.97. The second-order valence-corrected chi connectivity index (χ2v) is 4.19. The molecule has 2 nitrogen and oxygen atoms in total. The topological polar surface area (TPSA) is 40.5 Å². The number of hydrogen-bond acceptors (Lipinski definition) is 2. The molecule has 17 heavy (non-hydrogen) atoms. The van der Waals surface area contributed by atoms with E-state index in [1.165, 1.54) is 0 Å². The lowest BCUT2D eigenvalue weighted by molar-refractivity contribution is 0.474. The summed E-state index contributed by atoms with van der Waals surface area (Å²) in [5.74, 6) is 0.639. The van der Waals surface area contributed by atoms with Gasteiger partial charge >= 0.3 is 0 Å². The Balaban J connectivity index is 1.87. The zero-order valence-corrected chi connectivity index (χ0v) is 9.63. The van der Waals surface area contributed by atoms with Crippen molar-refractivity contribution in [1.82, 2.24) is 0 Å². The van der Waals surface area contributed by atoms with E-state index in [2.05, 4.69) is 0 Å². The molecule has 2 aromatic carbocycles. The summed E-state index contributed by atoms with van der Waals surface area (Å²) in [6.45, 7) is 0. The fraction of sp³-hybridized carbons (Fsp3) is 0.200. The predicted octanol–water partition coefficient (Wildman–Crippen LogP) is 3.27. The Labute approximate surface area is 101 Å². The molecule has 0 radical (unpaired) electrons. The Kier molecular flexibility index (Phi) is 3.66. The minimum Gasteiger partial charge on any atom is -0.508 e. The lowest BCUT2D eigenvalue weighted by Gasteiger charge is -2.03. The van der Waals surface area contributed by atoms with Gasteiger partial charge in [-0.1, -0.05) is 24.3 Å². The Hall–Kier alpha value is -1.96. The lowest BCUT2D eigenvalue weighted by Crippen LogP contribution is -1.89. The summed E-state index contributed by atoms with van der Waals surface area (Å²) in [4.78, 5) is 0. The molecule has 0 fully saturated rings. The number of phenolic OH excluding ortho intramolecular Hbond substituents is 2. The van der Waals surface area contributed by atoms with Crippen molar-refractivity contribution < 1.29 is 10.2 Å². The fourth-order valence-corrected chi connectivity index (χ4v) is 1.92. The molecule has 2 aromatic rings. The Morgan fingerprint density at radius 1 is 0.706 bits per heavy atom. The maximum absolute atomic E-state index is 9.33. The SMILES string of the molecule is Oc1cccc(CCCc2cccc(O)c2)c1. The third-order valence-corrected chi connectivity index (χ3v) is 2.75. The van der Waals surface area contributed by atoms with Gasteiger partial charge in [0.15, 0.2) is 0 Å². The Morgan fingerprint density at radius 3 is 1.59 bits per heavy atom. The van der Waals surface area contributed by atoms with Crippen LogP contribution in [-0.2, 0) is 12.8 Å². The molecule has 2 N–H and O–H groups in total. The van der Waals surface area contributed by atoms with Gasteiger partial charge in [-0.15, -0.1) is 0 Å². The number of aromatic hydroxyl groups is 2. The number of aryl methyl sites for hydroxylation is 2. The van der Waals surface area contributed by atoms with E-state index in [1.807, 2.05) is 24.3 Å². The highest BCUT2D eigenvalue weighted by atomic mass is 16.3. The molecule has 0 spiro atoms. The highest BCUT2D eigenvalue weighted by molar-refractivity contribution is 5.28. The maximum Gasteiger partial charge on any atom is 0.115 e. The first-order valence-electron chi connectivity index (χ1n) is 5.80. The van der Waals surface area contributed by atoms with E-state index in [0.29, 0.717) is 11.5 Å². The molecule has 0 saturated carbocycles. The second kappa shape index (κ2) is 5.39. The van der Waals surface area contributed by atoms with Crippen LogP contribution in [0, 0.1) is 0 Å². The standard InChI is InChI=1S/C15H16O2/c16-14-8-2-6-12(10-14)4-1-5-13-7-3-9-15(17)11-13/h2-3,6-11,16-17H,1,4-5H2. The van der Waals surface area contributed by atoms with Gasteiger partial charge in [-0.2, -0.15) is 0 Å². The first kappa shape index (κ1) is 11.5. The summed E-state index contributed by atoms with van der Waals surface area (Å²) in [5, 5.41) is 18.7. The first-order valence-corrected chi connectivity index (χ1v) is 5.80. The van der Waals surface area contributed by atoms with Crippen molar-refractivity contribution in [3.63, 3.8) is 0 Å². The summed E-state index contributed by atoms with van der Waals surface area (Å²) in [7, 11) is 0. The normalized spacial score (nSPS) is 10.4. The van der Waals surface area contributed by atoms with Gasteiger partial charge < -0.3 is 10.2 Å². The van der Waals surface area contributed by atoms with Crippen LogP contribution >= 0.6 is 0 Å². The smallest absolute Gasteiger partial charge is 0.115 e. The van der Waals surface area contributed by atoms with Gasteiger partial charge in [0.1, 0.15) is 11.5 Å². The minimum atomic E-state index is 0.319. The molecule has 0 heterocycles. The molecular weight excluding hydrogens is 212 g/mol. The molecule has 0 atom stereocenters. The van der Waals surface area contributed by atoms with Crippen molar-refractivity contribution in [1.29, 1.82) is 0 Å². The van der Waals surface area contributed by atoms with E-state index in [1.54, 1.807) is 24.3 Å². The summed E-state index contributed by atoms with van der Waals surface area (Å²) in [6, 6.07) is 14.7. The molecular formula is C15H16O2. The van der Waals surface area contributed by atoms with Crippen molar-refractivity contribution in [3.05, 3.63) is 59.7 Å². The van der Waals surface area contributed by atoms with Crippen molar-refractivity contribution in [2.45, 2.75) is 19.3 Å². The van der Waals surface area contributed by atoms with Gasteiger partial charge in [-0.05, 0) is 54.7 Å². The summed E-state index contributed by atoms with van der Waals surface area (Å²) in [5.41, 5.74) is 2.29. The van der Waals surface area contributed by atoms with Gasteiger partial charge in [0, 0.05) is 0 Å². The molecule has 0 unspecified atom stereocenters. The van der Waals surface area contributed by atoms with E-state index >= 15 is 0 Å². The first-order chi connectivity index (χ1) is 8.24. The molecule has 0 aliphatic heterocycles. The van der Waals surface area contributed by atoms with Crippen LogP contribution in [-0.4, -0.2) is 10.2 Å². The molecule has 88 valence electrons. The van der Waals surface area contributed by atoms with Gasteiger partial charge in [0.2, 0.25) is 0 Å². The van der Waals surface area contributed by atoms with Crippen LogP contribution in [0.2, 0.25) is 0 Å². The average Bonchev–Trinajstić information content (AvgIpc) is 2.29. The van der Waals surface area contributed by atoms with Crippen LogP contribution in [0.25, 0.3) is 0 Å². The summed E-state index contributed by atoms with van der Waals surface area (Å²) in [6.07, 6.45) is 2.88. The van der Waals surface area contributed by atoms with Crippen molar-refractivity contribution >= 4 is 0 Å². The van der Waals surface area contributed by atoms with Crippen LogP contribution in [0.4, 0.5) is 0 Å². The van der Waals surface area contributed by atoms with E-state index in [9.17, 15) is 10.2 Å². The van der Waals surface area contributed by atoms with Crippen molar-refractivity contribution in [2.24, 2.45) is 0 Å². The fourth-order valence-electron chi connectivity index (χ4n) is 1.92. The highest BCUT2D eigenvalue weighted by Crippen LogP contribution is 2.16. The Bertz CT molecular complexity index is 446. The molecule has 2 heteroatoms. The van der Waals surface area contributed by atoms with Crippen LogP contribution in [0.1, 0.15) is 17.5 Å². The van der Waals surface area contributed by atoms with E-state index in [0.717, 1.165) is 30.4 Å². The summed E-state index contributed by atoms with van der Waals surface area (Å²) >= 11 is 0. The predicted molar refractivity (Wildman–Crippen MR) is 68.2 cm³/mol. The van der Waals surface area contributed by atoms with Crippen LogP contribution < -0.4 is 0 Å². The van der Waals surface area contributed by atoms with Crippen LogP contribution in [0.3, 0.4) is 0 Å². The monoisotopic (exact) mass is 228 g/mol. The zero-order chi connectivity index (χ0) is 12.1. The second-order valence-electron chi connectivity index (χ2n) is 4.19. The van der Waals surface area contributed by atoms with Gasteiger partial charge in [-0.3, -0.25) is 0 Å². The zero-order valence-electron chi connectivity index (χ0n) is 9.63. The molecule has 0 amide bonds. The van der Waals surface area contributed by atoms with E-state index < -0.39 is 0 Å². The van der Waals surface area contributed by atoms with E-state index in [4.69, 9.17) is 0 Å².